The molecule has 120 valence electrons. The Balaban J connectivity index is 1.71. The monoisotopic (exact) mass is 318 g/mol. The van der Waals surface area contributed by atoms with Crippen LogP contribution in [-0.4, -0.2) is 21.8 Å². The Morgan fingerprint density at radius 1 is 1.08 bits per heavy atom. The summed E-state index contributed by atoms with van der Waals surface area (Å²) in [6, 6.07) is 19.4. The van der Waals surface area contributed by atoms with Gasteiger partial charge in [-0.25, -0.2) is 5.43 Å². The summed E-state index contributed by atoms with van der Waals surface area (Å²) in [6.07, 6.45) is 0. The van der Waals surface area contributed by atoms with Crippen LogP contribution in [0.5, 0.6) is 0 Å². The van der Waals surface area contributed by atoms with E-state index in [-0.39, 0.29) is 5.91 Å². The van der Waals surface area contributed by atoms with Gasteiger partial charge in [0.1, 0.15) is 5.69 Å². The highest BCUT2D eigenvalue weighted by Gasteiger charge is 2.10. The van der Waals surface area contributed by atoms with Gasteiger partial charge in [0.05, 0.1) is 11.4 Å². The van der Waals surface area contributed by atoms with Crippen molar-refractivity contribution in [2.45, 2.75) is 13.8 Å². The van der Waals surface area contributed by atoms with Crippen LogP contribution < -0.4 is 5.43 Å². The van der Waals surface area contributed by atoms with Crippen LogP contribution in [0, 0.1) is 6.92 Å². The predicted octanol–water partition coefficient (Wildman–Crippen LogP) is 3.54. The van der Waals surface area contributed by atoms with Gasteiger partial charge in [0, 0.05) is 5.56 Å². The Kier molecular flexibility index (Phi) is 4.52. The van der Waals surface area contributed by atoms with Crippen molar-refractivity contribution in [2.24, 2.45) is 5.10 Å². The topological polar surface area (TPSA) is 70.1 Å². The Morgan fingerprint density at radius 3 is 2.50 bits per heavy atom. The fraction of sp³-hybridized carbons (Fsp3) is 0.105. The van der Waals surface area contributed by atoms with E-state index in [2.05, 4.69) is 20.7 Å². The van der Waals surface area contributed by atoms with E-state index in [4.69, 9.17) is 0 Å². The quantitative estimate of drug-likeness (QED) is 0.570. The molecule has 0 fully saturated rings. The number of H-pyrrole nitrogens is 1. The largest absolute Gasteiger partial charge is 0.289 e. The number of nitrogens with one attached hydrogen (secondary N) is 2. The van der Waals surface area contributed by atoms with Crippen molar-refractivity contribution in [3.63, 3.8) is 0 Å². The summed E-state index contributed by atoms with van der Waals surface area (Å²) < 4.78 is 0. The summed E-state index contributed by atoms with van der Waals surface area (Å²) in [5.74, 6) is -0.323. The number of hydrogen-bond acceptors (Lipinski definition) is 3. The molecule has 1 aromatic heterocycles. The number of hydrogen-bond donors (Lipinski definition) is 2. The SMILES string of the molecule is C/C(=N/NC(=O)c1cc(-c2ccc(C)cc2)n[nH]1)c1ccccc1. The van der Waals surface area contributed by atoms with Gasteiger partial charge in [0.15, 0.2) is 0 Å². The van der Waals surface area contributed by atoms with Gasteiger partial charge < -0.3 is 0 Å². The van der Waals surface area contributed by atoms with Crippen LogP contribution in [0.15, 0.2) is 65.8 Å². The lowest BCUT2D eigenvalue weighted by Gasteiger charge is -2.01. The van der Waals surface area contributed by atoms with E-state index in [9.17, 15) is 4.79 Å². The molecule has 0 spiro atoms. The molecule has 2 N–H and O–H groups in total. The summed E-state index contributed by atoms with van der Waals surface area (Å²) in [5, 5.41) is 11.1. The van der Waals surface area contributed by atoms with Crippen LogP contribution in [0.25, 0.3) is 11.3 Å². The maximum atomic E-state index is 12.2. The molecule has 0 aliphatic rings. The third kappa shape index (κ3) is 3.57. The van der Waals surface area contributed by atoms with Crippen molar-refractivity contribution in [3.05, 3.63) is 77.5 Å². The summed E-state index contributed by atoms with van der Waals surface area (Å²) >= 11 is 0. The zero-order chi connectivity index (χ0) is 16.9. The number of amides is 1. The molecule has 1 amide bonds. The number of rotatable bonds is 4. The number of carbonyl (C=O) groups excluding carboxylic acids is 1. The van der Waals surface area contributed by atoms with Gasteiger partial charge in [0.25, 0.3) is 5.91 Å². The average molecular weight is 318 g/mol. The van der Waals surface area contributed by atoms with E-state index >= 15 is 0 Å². The lowest BCUT2D eigenvalue weighted by atomic mass is 10.1. The first-order valence-electron chi connectivity index (χ1n) is 7.66. The molecule has 0 radical (unpaired) electrons. The van der Waals surface area contributed by atoms with Gasteiger partial charge in [-0.1, -0.05) is 60.2 Å². The Morgan fingerprint density at radius 2 is 1.79 bits per heavy atom. The fourth-order valence-corrected chi connectivity index (χ4v) is 2.25. The zero-order valence-electron chi connectivity index (χ0n) is 13.6. The molecule has 5 nitrogen and oxygen atoms in total. The molecule has 0 unspecified atom stereocenters. The second kappa shape index (κ2) is 6.91. The molecular formula is C19H18N4O. The normalized spacial score (nSPS) is 11.3. The molecule has 0 saturated heterocycles. The number of aromatic nitrogens is 2. The number of nitrogens with zero attached hydrogens (tertiary/aromatic N) is 2. The number of benzene rings is 2. The molecule has 1 heterocycles. The van der Waals surface area contributed by atoms with Crippen LogP contribution in [-0.2, 0) is 0 Å². The first kappa shape index (κ1) is 15.7. The van der Waals surface area contributed by atoms with Crippen molar-refractivity contribution in [1.29, 1.82) is 0 Å². The molecule has 3 aromatic rings. The van der Waals surface area contributed by atoms with Gasteiger partial charge in [0.2, 0.25) is 0 Å². The Labute approximate surface area is 140 Å². The van der Waals surface area contributed by atoms with E-state index in [1.807, 2.05) is 68.4 Å². The number of aryl methyl sites for hydroxylation is 1. The predicted molar refractivity (Wildman–Crippen MR) is 94.9 cm³/mol. The van der Waals surface area contributed by atoms with Crippen LogP contribution in [0.4, 0.5) is 0 Å². The van der Waals surface area contributed by atoms with Crippen LogP contribution in [0.3, 0.4) is 0 Å². The van der Waals surface area contributed by atoms with Crippen molar-refractivity contribution < 1.29 is 4.79 Å². The molecule has 5 heteroatoms. The smallest absolute Gasteiger partial charge is 0.272 e. The molecule has 24 heavy (non-hydrogen) atoms. The summed E-state index contributed by atoms with van der Waals surface area (Å²) in [5.41, 5.74) is 7.48. The molecule has 0 saturated carbocycles. The maximum Gasteiger partial charge on any atom is 0.289 e. The molecule has 2 aromatic carbocycles. The van der Waals surface area contributed by atoms with Gasteiger partial charge in [-0.05, 0) is 25.5 Å². The number of aromatic amines is 1. The molecule has 0 bridgehead atoms. The summed E-state index contributed by atoms with van der Waals surface area (Å²) in [7, 11) is 0. The Hall–Kier alpha value is -3.21. The maximum absolute atomic E-state index is 12.2. The second-order valence-corrected chi connectivity index (χ2v) is 5.54. The van der Waals surface area contributed by atoms with Gasteiger partial charge in [-0.2, -0.15) is 10.2 Å². The number of carbonyl (C=O) groups is 1. The minimum Gasteiger partial charge on any atom is -0.272 e. The van der Waals surface area contributed by atoms with Gasteiger partial charge >= 0.3 is 0 Å². The first-order valence-corrected chi connectivity index (χ1v) is 7.66. The van der Waals surface area contributed by atoms with E-state index in [0.29, 0.717) is 5.69 Å². The first-order chi connectivity index (χ1) is 11.6. The minimum absolute atomic E-state index is 0.323. The summed E-state index contributed by atoms with van der Waals surface area (Å²) in [4.78, 5) is 12.2. The molecule has 3 rings (SSSR count). The highest BCUT2D eigenvalue weighted by atomic mass is 16.2. The van der Waals surface area contributed by atoms with Crippen molar-refractivity contribution in [3.8, 4) is 11.3 Å². The van der Waals surface area contributed by atoms with E-state index in [1.165, 1.54) is 5.56 Å². The third-order valence-electron chi connectivity index (χ3n) is 3.69. The third-order valence-corrected chi connectivity index (χ3v) is 3.69. The molecule has 0 atom stereocenters. The van der Waals surface area contributed by atoms with E-state index in [1.54, 1.807) is 6.07 Å². The standard InChI is InChI=1S/C19H18N4O/c1-13-8-10-16(11-9-13)17-12-18(22-21-17)19(24)23-20-14(2)15-6-4-3-5-7-15/h3-12H,1-2H3,(H,21,22)(H,23,24)/b20-14-. The zero-order valence-corrected chi connectivity index (χ0v) is 13.6. The van der Waals surface area contributed by atoms with Crippen molar-refractivity contribution >= 4 is 11.6 Å². The van der Waals surface area contributed by atoms with Gasteiger partial charge in [-0.3, -0.25) is 9.89 Å². The molecule has 0 aliphatic heterocycles. The summed E-state index contributed by atoms with van der Waals surface area (Å²) in [6.45, 7) is 3.88. The minimum atomic E-state index is -0.323. The highest BCUT2D eigenvalue weighted by Crippen LogP contribution is 2.18. The van der Waals surface area contributed by atoms with Crippen molar-refractivity contribution in [1.82, 2.24) is 15.6 Å². The van der Waals surface area contributed by atoms with Crippen LogP contribution in [0.2, 0.25) is 0 Å². The van der Waals surface area contributed by atoms with Crippen LogP contribution >= 0.6 is 0 Å². The second-order valence-electron chi connectivity index (χ2n) is 5.54. The average Bonchev–Trinajstić information content (AvgIpc) is 3.11. The molecular weight excluding hydrogens is 300 g/mol. The lowest BCUT2D eigenvalue weighted by molar-refractivity contribution is 0.0950. The van der Waals surface area contributed by atoms with Gasteiger partial charge in [-0.15, -0.1) is 0 Å². The number of hydrazone groups is 1. The Bertz CT molecular complexity index is 864. The lowest BCUT2D eigenvalue weighted by Crippen LogP contribution is -2.19. The van der Waals surface area contributed by atoms with E-state index < -0.39 is 0 Å². The fourth-order valence-electron chi connectivity index (χ4n) is 2.25. The highest BCUT2D eigenvalue weighted by molar-refractivity contribution is 6.00. The van der Waals surface area contributed by atoms with E-state index in [0.717, 1.165) is 22.5 Å². The molecule has 0 aliphatic carbocycles. The van der Waals surface area contributed by atoms with Crippen molar-refractivity contribution in [2.75, 3.05) is 0 Å². The van der Waals surface area contributed by atoms with Crippen LogP contribution in [0.1, 0.15) is 28.5 Å².